The van der Waals surface area contributed by atoms with E-state index in [1.165, 1.54) is 11.8 Å². The van der Waals surface area contributed by atoms with Gasteiger partial charge < -0.3 is 15.1 Å². The molecule has 3 aromatic carbocycles. The molecule has 2 amide bonds. The van der Waals surface area contributed by atoms with Crippen molar-refractivity contribution in [2.75, 3.05) is 30.1 Å². The van der Waals surface area contributed by atoms with E-state index in [2.05, 4.69) is 15.3 Å². The fraction of sp³-hybridized carbons (Fsp3) is 0.250. The van der Waals surface area contributed by atoms with Crippen LogP contribution in [-0.4, -0.2) is 46.5 Å². The Hall–Kier alpha value is -4.17. The Balaban J connectivity index is 1.66. The molecule has 8 heteroatoms. The molecule has 7 nitrogen and oxygen atoms in total. The van der Waals surface area contributed by atoms with Gasteiger partial charge in [0.2, 0.25) is 5.91 Å². The van der Waals surface area contributed by atoms with Gasteiger partial charge in [0.25, 0.3) is 5.91 Å². The van der Waals surface area contributed by atoms with Crippen molar-refractivity contribution >= 4 is 35.0 Å². The van der Waals surface area contributed by atoms with Crippen LogP contribution in [0.15, 0.2) is 90.1 Å². The van der Waals surface area contributed by atoms with Crippen LogP contribution in [-0.2, 0) is 16.1 Å². The summed E-state index contributed by atoms with van der Waals surface area (Å²) >= 11 is 1.28. The maximum Gasteiger partial charge on any atom is 0.251 e. The van der Waals surface area contributed by atoms with Gasteiger partial charge in [0.15, 0.2) is 5.16 Å². The topological polar surface area (TPSA) is 78.4 Å². The highest BCUT2D eigenvalue weighted by Crippen LogP contribution is 2.28. The fourth-order valence-electron chi connectivity index (χ4n) is 4.34. The van der Waals surface area contributed by atoms with E-state index in [1.807, 2.05) is 125 Å². The Kier molecular flexibility index (Phi) is 9.56. The molecule has 1 aromatic heterocycles. The summed E-state index contributed by atoms with van der Waals surface area (Å²) in [6.45, 7) is 6.12. The Labute approximate surface area is 240 Å². The van der Waals surface area contributed by atoms with Crippen molar-refractivity contribution in [3.8, 4) is 0 Å². The Morgan fingerprint density at radius 1 is 0.850 bits per heavy atom. The standard InChI is InChI=1S/C32H35N5O2S/c1-22-11-13-25(14-12-22)20-37(29(38)21-40-32-33-23(2)19-24(3)34-32)30(26-9-7-6-8-10-26)31(39)35-27-15-17-28(18-16-27)36(4)5/h6-19,30H,20-21H2,1-5H3,(H,35,39). The van der Waals surface area contributed by atoms with Gasteiger partial charge >= 0.3 is 0 Å². The van der Waals surface area contributed by atoms with Crippen molar-refractivity contribution in [3.05, 3.63) is 113 Å². The van der Waals surface area contributed by atoms with Crippen LogP contribution in [0.3, 0.4) is 0 Å². The molecule has 4 rings (SSSR count). The number of nitrogens with one attached hydrogen (secondary N) is 1. The van der Waals surface area contributed by atoms with Gasteiger partial charge in [0.1, 0.15) is 6.04 Å². The highest BCUT2D eigenvalue weighted by atomic mass is 32.2. The minimum atomic E-state index is -0.843. The molecular formula is C32H35N5O2S. The summed E-state index contributed by atoms with van der Waals surface area (Å²) in [4.78, 5) is 40.4. The van der Waals surface area contributed by atoms with E-state index in [0.29, 0.717) is 10.8 Å². The molecule has 0 aliphatic carbocycles. The maximum absolute atomic E-state index is 13.9. The molecule has 4 aromatic rings. The van der Waals surface area contributed by atoms with Crippen LogP contribution in [0.4, 0.5) is 11.4 Å². The smallest absolute Gasteiger partial charge is 0.251 e. The van der Waals surface area contributed by atoms with E-state index >= 15 is 0 Å². The van der Waals surface area contributed by atoms with E-state index in [1.54, 1.807) is 4.90 Å². The van der Waals surface area contributed by atoms with Crippen LogP contribution in [0.2, 0.25) is 0 Å². The summed E-state index contributed by atoms with van der Waals surface area (Å²) in [7, 11) is 3.93. The minimum Gasteiger partial charge on any atom is -0.378 e. The molecule has 0 saturated heterocycles. The number of benzene rings is 3. The molecule has 206 valence electrons. The Morgan fingerprint density at radius 3 is 2.08 bits per heavy atom. The number of carbonyl (C=O) groups excluding carboxylic acids is 2. The van der Waals surface area contributed by atoms with Crippen molar-refractivity contribution in [2.24, 2.45) is 0 Å². The van der Waals surface area contributed by atoms with Crippen molar-refractivity contribution in [1.29, 1.82) is 0 Å². The van der Waals surface area contributed by atoms with Gasteiger partial charge in [-0.05, 0) is 62.2 Å². The van der Waals surface area contributed by atoms with Crippen molar-refractivity contribution in [1.82, 2.24) is 14.9 Å². The zero-order valence-electron chi connectivity index (χ0n) is 23.6. The average molecular weight is 554 g/mol. The van der Waals surface area contributed by atoms with Crippen LogP contribution in [0.5, 0.6) is 0 Å². The molecule has 40 heavy (non-hydrogen) atoms. The molecule has 0 aliphatic heterocycles. The minimum absolute atomic E-state index is 0.100. The van der Waals surface area contributed by atoms with Crippen molar-refractivity contribution in [2.45, 2.75) is 38.5 Å². The molecular weight excluding hydrogens is 518 g/mol. The SMILES string of the molecule is Cc1ccc(CN(C(=O)CSc2nc(C)cc(C)n2)C(C(=O)Nc2ccc(N(C)C)cc2)c2ccccc2)cc1. The lowest BCUT2D eigenvalue weighted by Crippen LogP contribution is -2.41. The summed E-state index contributed by atoms with van der Waals surface area (Å²) in [6, 6.07) is 26.1. The molecule has 0 radical (unpaired) electrons. The van der Waals surface area contributed by atoms with E-state index in [4.69, 9.17) is 0 Å². The third kappa shape index (κ3) is 7.70. The third-order valence-corrected chi connectivity index (χ3v) is 7.24. The average Bonchev–Trinajstić information content (AvgIpc) is 2.93. The van der Waals surface area contributed by atoms with Gasteiger partial charge in [-0.25, -0.2) is 9.97 Å². The first kappa shape index (κ1) is 28.8. The summed E-state index contributed by atoms with van der Waals surface area (Å²) in [5.41, 5.74) is 6.19. The first-order valence-electron chi connectivity index (χ1n) is 13.1. The quantitative estimate of drug-likeness (QED) is 0.193. The summed E-state index contributed by atoms with van der Waals surface area (Å²) < 4.78 is 0. The first-order chi connectivity index (χ1) is 19.2. The zero-order valence-corrected chi connectivity index (χ0v) is 24.4. The van der Waals surface area contributed by atoms with Gasteiger partial charge in [-0.2, -0.15) is 0 Å². The zero-order chi connectivity index (χ0) is 28.6. The van der Waals surface area contributed by atoms with Crippen molar-refractivity contribution < 1.29 is 9.59 Å². The molecule has 0 fully saturated rings. The highest BCUT2D eigenvalue weighted by Gasteiger charge is 2.32. The number of aromatic nitrogens is 2. The molecule has 1 heterocycles. The van der Waals surface area contributed by atoms with Crippen LogP contribution in [0.25, 0.3) is 0 Å². The molecule has 0 aliphatic rings. The predicted molar refractivity (Wildman–Crippen MR) is 163 cm³/mol. The lowest BCUT2D eigenvalue weighted by Gasteiger charge is -2.31. The number of amides is 2. The van der Waals surface area contributed by atoms with E-state index in [-0.39, 0.29) is 24.1 Å². The Bertz CT molecular complexity index is 1420. The van der Waals surface area contributed by atoms with Gasteiger partial charge in [-0.15, -0.1) is 0 Å². The normalized spacial score (nSPS) is 11.5. The van der Waals surface area contributed by atoms with Crippen LogP contribution >= 0.6 is 11.8 Å². The number of anilines is 2. The van der Waals surface area contributed by atoms with Crippen LogP contribution in [0, 0.1) is 20.8 Å². The number of carbonyl (C=O) groups is 2. The van der Waals surface area contributed by atoms with Crippen LogP contribution < -0.4 is 10.2 Å². The summed E-state index contributed by atoms with van der Waals surface area (Å²) in [6.07, 6.45) is 0. The largest absolute Gasteiger partial charge is 0.378 e. The van der Waals surface area contributed by atoms with E-state index in [0.717, 1.165) is 33.8 Å². The second kappa shape index (κ2) is 13.3. The third-order valence-electron chi connectivity index (χ3n) is 6.41. The molecule has 1 N–H and O–H groups in total. The van der Waals surface area contributed by atoms with Gasteiger partial charge in [0, 0.05) is 43.4 Å². The summed E-state index contributed by atoms with van der Waals surface area (Å²) in [5, 5.41) is 3.59. The van der Waals surface area contributed by atoms with E-state index < -0.39 is 6.04 Å². The summed E-state index contributed by atoms with van der Waals surface area (Å²) in [5.74, 6) is -0.361. The lowest BCUT2D eigenvalue weighted by atomic mass is 10.0. The number of thioether (sulfide) groups is 1. The molecule has 1 atom stereocenters. The number of rotatable bonds is 10. The molecule has 0 saturated carbocycles. The second-order valence-electron chi connectivity index (χ2n) is 9.97. The van der Waals surface area contributed by atoms with Gasteiger partial charge in [-0.1, -0.05) is 71.9 Å². The number of hydrogen-bond acceptors (Lipinski definition) is 6. The number of nitrogens with zero attached hydrogens (tertiary/aromatic N) is 4. The maximum atomic E-state index is 13.9. The molecule has 0 spiro atoms. The fourth-order valence-corrected chi connectivity index (χ4v) is 5.18. The van der Waals surface area contributed by atoms with Gasteiger partial charge in [0.05, 0.1) is 5.75 Å². The first-order valence-corrected chi connectivity index (χ1v) is 14.1. The molecule has 1 unspecified atom stereocenters. The number of hydrogen-bond donors (Lipinski definition) is 1. The van der Waals surface area contributed by atoms with Crippen molar-refractivity contribution in [3.63, 3.8) is 0 Å². The second-order valence-corrected chi connectivity index (χ2v) is 10.9. The predicted octanol–water partition coefficient (Wildman–Crippen LogP) is 5.97. The Morgan fingerprint density at radius 2 is 1.48 bits per heavy atom. The van der Waals surface area contributed by atoms with Gasteiger partial charge in [-0.3, -0.25) is 9.59 Å². The highest BCUT2D eigenvalue weighted by molar-refractivity contribution is 7.99. The van der Waals surface area contributed by atoms with Crippen LogP contribution in [0.1, 0.15) is 34.1 Å². The van der Waals surface area contributed by atoms with E-state index in [9.17, 15) is 9.59 Å². The lowest BCUT2D eigenvalue weighted by molar-refractivity contribution is -0.137. The number of aryl methyl sites for hydroxylation is 3. The molecule has 0 bridgehead atoms. The monoisotopic (exact) mass is 553 g/mol.